The molecule has 2 bridgehead atoms. The molecular weight excluding hydrogens is 805 g/mol. The highest BCUT2D eigenvalue weighted by molar-refractivity contribution is 7.25. The van der Waals surface area contributed by atoms with Gasteiger partial charge < -0.3 is 9.47 Å². The van der Waals surface area contributed by atoms with E-state index in [4.69, 9.17) is 0 Å². The van der Waals surface area contributed by atoms with E-state index in [0.717, 1.165) is 22.7 Å². The molecule has 2 nitrogen and oxygen atoms in total. The lowest BCUT2D eigenvalue weighted by Gasteiger charge is -2.27. The first kappa shape index (κ1) is 36.3. The third kappa shape index (κ3) is 5.46. The van der Waals surface area contributed by atoms with Crippen molar-refractivity contribution in [3.05, 3.63) is 231 Å². The van der Waals surface area contributed by atoms with Gasteiger partial charge in [0, 0.05) is 48.0 Å². The molecule has 0 aliphatic carbocycles. The van der Waals surface area contributed by atoms with E-state index >= 15 is 0 Å². The molecule has 0 aliphatic heterocycles. The third-order valence-corrected chi connectivity index (χ3v) is 14.8. The second-order valence-corrected chi connectivity index (χ2v) is 18.3. The minimum atomic E-state index is 1.10. The number of rotatable bonds is 6. The van der Waals surface area contributed by atoms with E-state index in [0.29, 0.717) is 0 Å². The smallest absolute Gasteiger partial charge is 0.0782 e. The Bertz CT molecular complexity index is 4160. The summed E-state index contributed by atoms with van der Waals surface area (Å²) in [5.74, 6) is 0. The quantitative estimate of drug-likeness (QED) is 0.151. The van der Waals surface area contributed by atoms with Gasteiger partial charge in [-0.1, -0.05) is 170 Å². The molecule has 302 valence electrons. The predicted molar refractivity (Wildman–Crippen MR) is 280 cm³/mol. The van der Waals surface area contributed by atoms with Crippen LogP contribution in [0.3, 0.4) is 0 Å². The Morgan fingerprint density at radius 2 is 0.877 bits per heavy atom. The molecule has 14 aromatic rings. The Morgan fingerprint density at radius 3 is 1.66 bits per heavy atom. The average molecular weight is 843 g/mol. The highest BCUT2D eigenvalue weighted by atomic mass is 32.1. The minimum absolute atomic E-state index is 1.10. The van der Waals surface area contributed by atoms with E-state index in [1.54, 1.807) is 0 Å². The second-order valence-electron chi connectivity index (χ2n) is 17.2. The number of benzene rings is 12. The van der Waals surface area contributed by atoms with E-state index in [-0.39, 0.29) is 0 Å². The summed E-state index contributed by atoms with van der Waals surface area (Å²) >= 11 is 1.88. The molecule has 0 fully saturated rings. The van der Waals surface area contributed by atoms with Crippen LogP contribution < -0.4 is 4.90 Å². The van der Waals surface area contributed by atoms with Gasteiger partial charge in [0.25, 0.3) is 0 Å². The van der Waals surface area contributed by atoms with Crippen molar-refractivity contribution in [2.75, 3.05) is 4.90 Å². The molecule has 0 radical (unpaired) electrons. The molecule has 3 heteroatoms. The van der Waals surface area contributed by atoms with Crippen molar-refractivity contribution in [3.63, 3.8) is 0 Å². The Morgan fingerprint density at radius 1 is 0.323 bits per heavy atom. The van der Waals surface area contributed by atoms with Crippen LogP contribution in [0.15, 0.2) is 231 Å². The van der Waals surface area contributed by atoms with Gasteiger partial charge in [0.2, 0.25) is 0 Å². The van der Waals surface area contributed by atoms with Gasteiger partial charge in [-0.3, -0.25) is 0 Å². The molecule has 65 heavy (non-hydrogen) atoms. The fraction of sp³-hybridized carbons (Fsp3) is 0. The van der Waals surface area contributed by atoms with Crippen molar-refractivity contribution in [2.24, 2.45) is 0 Å². The molecule has 0 saturated heterocycles. The number of thiophene rings is 1. The maximum absolute atomic E-state index is 2.46. The topological polar surface area (TPSA) is 8.17 Å². The Kier molecular flexibility index (Phi) is 7.89. The van der Waals surface area contributed by atoms with E-state index in [2.05, 4.69) is 240 Å². The number of anilines is 3. The van der Waals surface area contributed by atoms with Crippen LogP contribution in [-0.2, 0) is 0 Å². The van der Waals surface area contributed by atoms with E-state index in [1.807, 2.05) is 11.3 Å². The third-order valence-electron chi connectivity index (χ3n) is 13.7. The second kappa shape index (κ2) is 14.1. The largest absolute Gasteiger partial charge is 0.308 e. The van der Waals surface area contributed by atoms with Gasteiger partial charge in [-0.25, -0.2) is 0 Å². The molecule has 0 aliphatic rings. The summed E-state index contributed by atoms with van der Waals surface area (Å²) in [6, 6.07) is 85.2. The minimum Gasteiger partial charge on any atom is -0.308 e. The van der Waals surface area contributed by atoms with Crippen molar-refractivity contribution in [3.8, 4) is 27.9 Å². The van der Waals surface area contributed by atoms with Crippen LogP contribution in [0.2, 0.25) is 0 Å². The van der Waals surface area contributed by atoms with Crippen LogP contribution in [0.1, 0.15) is 0 Å². The first-order chi connectivity index (χ1) is 32.2. The number of aromatic nitrogens is 1. The maximum atomic E-state index is 2.46. The van der Waals surface area contributed by atoms with Crippen molar-refractivity contribution < 1.29 is 0 Å². The van der Waals surface area contributed by atoms with Crippen LogP contribution in [0.25, 0.3) is 113 Å². The molecule has 14 rings (SSSR count). The van der Waals surface area contributed by atoms with Crippen LogP contribution >= 0.6 is 11.3 Å². The van der Waals surface area contributed by atoms with Gasteiger partial charge in [-0.15, -0.1) is 11.3 Å². The van der Waals surface area contributed by atoms with Crippen LogP contribution in [0.4, 0.5) is 17.1 Å². The van der Waals surface area contributed by atoms with Crippen molar-refractivity contribution in [2.45, 2.75) is 0 Å². The first-order valence-corrected chi connectivity index (χ1v) is 23.1. The number of para-hydroxylation sites is 3. The summed E-state index contributed by atoms with van der Waals surface area (Å²) in [5, 5.41) is 15.6. The molecule has 0 saturated carbocycles. The zero-order chi connectivity index (χ0) is 42.6. The van der Waals surface area contributed by atoms with Gasteiger partial charge in [-0.05, 0) is 126 Å². The SMILES string of the molecule is c1ccc(-c2ccc(N(c3ccc4c(c3)sc3cc(-c5ccc6c7ccccc7c7cc6c5c5ccccc75)ccc34)c3cccc4c5ccccc5n(-c5ccccc5)c34)cc2)cc1. The lowest BCUT2D eigenvalue weighted by molar-refractivity contribution is 1.17. The molecule has 0 atom stereocenters. The van der Waals surface area contributed by atoms with Gasteiger partial charge in [0.05, 0.1) is 16.7 Å². The molecule has 12 aromatic carbocycles. The molecule has 0 unspecified atom stereocenters. The summed E-state index contributed by atoms with van der Waals surface area (Å²) in [4.78, 5) is 2.46. The zero-order valence-corrected chi connectivity index (χ0v) is 36.1. The highest BCUT2D eigenvalue weighted by Crippen LogP contribution is 2.48. The average Bonchev–Trinajstić information content (AvgIpc) is 3.92. The molecule has 0 amide bonds. The van der Waals surface area contributed by atoms with Gasteiger partial charge in [0.15, 0.2) is 0 Å². The summed E-state index contributed by atoms with van der Waals surface area (Å²) < 4.78 is 4.99. The standard InChI is InChI=1S/C62H38N2S/c1-3-14-39(15-4-1)40-26-29-43(30-27-40)63(58-25-13-23-54-50-21-11-12-24-57(50)64(62(54)58)42-16-5-2-6-17-42)44-31-33-52-51-32-28-41(36-59(51)65-60(52)37-44)45-34-35-49-46-18-7-8-19-47(46)55-38-56(49)61(45)53-22-10-9-20-48(53)55/h1-38H. The van der Waals surface area contributed by atoms with E-state index in [1.165, 1.54) is 107 Å². The Labute approximate surface area is 379 Å². The van der Waals surface area contributed by atoms with Crippen molar-refractivity contribution in [1.29, 1.82) is 0 Å². The fourth-order valence-corrected chi connectivity index (χ4v) is 12.0. The van der Waals surface area contributed by atoms with Crippen molar-refractivity contribution >= 4 is 113 Å². The highest BCUT2D eigenvalue weighted by Gasteiger charge is 2.23. The lowest BCUT2D eigenvalue weighted by atomic mass is 9.86. The monoisotopic (exact) mass is 842 g/mol. The molecule has 0 N–H and O–H groups in total. The van der Waals surface area contributed by atoms with Crippen molar-refractivity contribution in [1.82, 2.24) is 4.57 Å². The Hall–Kier alpha value is -8.24. The number of fused-ring (bicyclic) bond motifs is 13. The van der Waals surface area contributed by atoms with Gasteiger partial charge in [-0.2, -0.15) is 0 Å². The predicted octanol–water partition coefficient (Wildman–Crippen LogP) is 18.0. The van der Waals surface area contributed by atoms with E-state index in [9.17, 15) is 0 Å². The summed E-state index contributed by atoms with van der Waals surface area (Å²) in [5.41, 5.74) is 11.8. The zero-order valence-electron chi connectivity index (χ0n) is 35.2. The number of nitrogens with zero attached hydrogens (tertiary/aromatic N) is 2. The molecule has 2 heterocycles. The molecular formula is C62H38N2S. The fourth-order valence-electron chi connectivity index (χ4n) is 10.8. The van der Waals surface area contributed by atoms with Gasteiger partial charge >= 0.3 is 0 Å². The first-order valence-electron chi connectivity index (χ1n) is 22.3. The normalized spacial score (nSPS) is 12.0. The lowest BCUT2D eigenvalue weighted by Crippen LogP contribution is -2.11. The molecule has 2 aromatic heterocycles. The maximum Gasteiger partial charge on any atom is 0.0782 e. The number of hydrogen-bond acceptors (Lipinski definition) is 2. The van der Waals surface area contributed by atoms with Crippen LogP contribution in [-0.4, -0.2) is 4.57 Å². The van der Waals surface area contributed by atoms with E-state index < -0.39 is 0 Å². The summed E-state index contributed by atoms with van der Waals surface area (Å²) in [7, 11) is 0. The van der Waals surface area contributed by atoms with Crippen LogP contribution in [0, 0.1) is 0 Å². The summed E-state index contributed by atoms with van der Waals surface area (Å²) in [6.07, 6.45) is 0. The Balaban J connectivity index is 0.965. The molecule has 0 spiro atoms. The summed E-state index contributed by atoms with van der Waals surface area (Å²) in [6.45, 7) is 0. The van der Waals surface area contributed by atoms with Gasteiger partial charge in [0.1, 0.15) is 0 Å². The van der Waals surface area contributed by atoms with Crippen LogP contribution in [0.5, 0.6) is 0 Å². The number of hydrogen-bond donors (Lipinski definition) is 0.